The summed E-state index contributed by atoms with van der Waals surface area (Å²) in [6.45, 7) is 12.3. The number of aromatic nitrogens is 2. The molecule has 2 rings (SSSR count). The molecule has 0 spiro atoms. The van der Waals surface area contributed by atoms with Crippen LogP contribution in [0.2, 0.25) is 0 Å². The van der Waals surface area contributed by atoms with Gasteiger partial charge >= 0.3 is 0 Å². The molecule has 114 valence electrons. The van der Waals surface area contributed by atoms with Gasteiger partial charge in [0.1, 0.15) is 0 Å². The third kappa shape index (κ3) is 4.63. The van der Waals surface area contributed by atoms with Crippen molar-refractivity contribution in [1.82, 2.24) is 9.55 Å². The molecule has 1 unspecified atom stereocenters. The highest BCUT2D eigenvalue weighted by atomic mass is 32.2. The first-order chi connectivity index (χ1) is 9.86. The maximum Gasteiger partial charge on any atom is 0.0946 e. The molecule has 1 heterocycles. The fourth-order valence-corrected chi connectivity index (χ4v) is 3.36. The van der Waals surface area contributed by atoms with Gasteiger partial charge in [0.15, 0.2) is 0 Å². The van der Waals surface area contributed by atoms with Gasteiger partial charge in [-0.2, -0.15) is 0 Å². The summed E-state index contributed by atoms with van der Waals surface area (Å²) in [5, 5.41) is 0.555. The number of benzene rings is 1. The Kier molecular flexibility index (Phi) is 5.15. The molecule has 3 heteroatoms. The highest BCUT2D eigenvalue weighted by Gasteiger charge is 2.17. The molecule has 1 atom stereocenters. The molecule has 0 N–H and O–H groups in total. The van der Waals surface area contributed by atoms with Crippen LogP contribution in [-0.4, -0.2) is 14.8 Å². The van der Waals surface area contributed by atoms with Crippen LogP contribution < -0.4 is 0 Å². The predicted molar refractivity (Wildman–Crippen MR) is 91.9 cm³/mol. The van der Waals surface area contributed by atoms with Gasteiger partial charge < -0.3 is 4.57 Å². The SMILES string of the molecule is CC(C)C(Cn1ccnc1)Sc1ccc(C(C)(C)C)cc1. The number of thioether (sulfide) groups is 1. The van der Waals surface area contributed by atoms with Crippen molar-refractivity contribution >= 4 is 11.8 Å². The van der Waals surface area contributed by atoms with Gasteiger partial charge in [-0.1, -0.05) is 46.8 Å². The minimum Gasteiger partial charge on any atom is -0.336 e. The maximum atomic E-state index is 4.13. The van der Waals surface area contributed by atoms with E-state index in [9.17, 15) is 0 Å². The summed E-state index contributed by atoms with van der Waals surface area (Å²) < 4.78 is 2.17. The minimum absolute atomic E-state index is 0.220. The van der Waals surface area contributed by atoms with Crippen LogP contribution in [0.4, 0.5) is 0 Å². The summed E-state index contributed by atoms with van der Waals surface area (Å²) in [7, 11) is 0. The van der Waals surface area contributed by atoms with Crippen molar-refractivity contribution in [2.24, 2.45) is 5.92 Å². The van der Waals surface area contributed by atoms with Gasteiger partial charge in [-0.05, 0) is 29.0 Å². The van der Waals surface area contributed by atoms with Crippen LogP contribution in [0.5, 0.6) is 0 Å². The van der Waals surface area contributed by atoms with Gasteiger partial charge in [-0.25, -0.2) is 4.98 Å². The Balaban J connectivity index is 2.06. The van der Waals surface area contributed by atoms with E-state index in [-0.39, 0.29) is 5.41 Å². The van der Waals surface area contributed by atoms with Gasteiger partial charge in [0.25, 0.3) is 0 Å². The monoisotopic (exact) mass is 302 g/mol. The molecule has 1 aromatic carbocycles. The van der Waals surface area contributed by atoms with E-state index < -0.39 is 0 Å². The summed E-state index contributed by atoms with van der Waals surface area (Å²) >= 11 is 1.97. The van der Waals surface area contributed by atoms with Crippen molar-refractivity contribution in [1.29, 1.82) is 0 Å². The van der Waals surface area contributed by atoms with Crippen LogP contribution in [0.15, 0.2) is 47.9 Å². The van der Waals surface area contributed by atoms with Crippen molar-refractivity contribution in [3.05, 3.63) is 48.5 Å². The van der Waals surface area contributed by atoms with E-state index in [2.05, 4.69) is 68.4 Å². The average Bonchev–Trinajstić information content (AvgIpc) is 2.90. The van der Waals surface area contributed by atoms with Crippen molar-refractivity contribution in [2.75, 3.05) is 0 Å². The van der Waals surface area contributed by atoms with E-state index in [0.717, 1.165) is 6.54 Å². The lowest BCUT2D eigenvalue weighted by molar-refractivity contribution is 0.532. The van der Waals surface area contributed by atoms with Crippen molar-refractivity contribution in [3.63, 3.8) is 0 Å². The van der Waals surface area contributed by atoms with E-state index >= 15 is 0 Å². The summed E-state index contributed by atoms with van der Waals surface area (Å²) in [6, 6.07) is 9.04. The standard InChI is InChI=1S/C18H26N2S/c1-14(2)17(12-20-11-10-19-13-20)21-16-8-6-15(7-9-16)18(3,4)5/h6-11,13-14,17H,12H2,1-5H3. The summed E-state index contributed by atoms with van der Waals surface area (Å²) in [5.41, 5.74) is 1.61. The van der Waals surface area contributed by atoms with Gasteiger partial charge in [-0.15, -0.1) is 11.8 Å². The van der Waals surface area contributed by atoms with Crippen molar-refractivity contribution < 1.29 is 0 Å². The van der Waals surface area contributed by atoms with Crippen LogP contribution in [0.3, 0.4) is 0 Å². The molecule has 0 aliphatic rings. The number of imidazole rings is 1. The number of hydrogen-bond acceptors (Lipinski definition) is 2. The average molecular weight is 302 g/mol. The quantitative estimate of drug-likeness (QED) is 0.724. The Morgan fingerprint density at radius 1 is 1.14 bits per heavy atom. The second kappa shape index (κ2) is 6.69. The lowest BCUT2D eigenvalue weighted by Crippen LogP contribution is -2.18. The highest BCUT2D eigenvalue weighted by molar-refractivity contribution is 8.00. The fourth-order valence-electron chi connectivity index (χ4n) is 2.19. The molecule has 0 amide bonds. The molecule has 0 saturated heterocycles. The van der Waals surface area contributed by atoms with Crippen molar-refractivity contribution in [3.8, 4) is 0 Å². The molecule has 0 saturated carbocycles. The summed E-state index contributed by atoms with van der Waals surface area (Å²) in [5.74, 6) is 0.625. The Bertz CT molecular complexity index is 536. The Morgan fingerprint density at radius 2 is 1.81 bits per heavy atom. The molecule has 0 radical (unpaired) electrons. The first-order valence-corrected chi connectivity index (χ1v) is 8.47. The Morgan fingerprint density at radius 3 is 2.29 bits per heavy atom. The zero-order valence-electron chi connectivity index (χ0n) is 13.7. The molecule has 0 aliphatic heterocycles. The third-order valence-electron chi connectivity index (χ3n) is 3.70. The molecule has 0 bridgehead atoms. The van der Waals surface area contributed by atoms with Gasteiger partial charge in [0.05, 0.1) is 6.33 Å². The Hall–Kier alpha value is -1.22. The van der Waals surface area contributed by atoms with E-state index in [1.165, 1.54) is 10.5 Å². The van der Waals surface area contributed by atoms with Crippen LogP contribution in [0.25, 0.3) is 0 Å². The smallest absolute Gasteiger partial charge is 0.0946 e. The molecule has 2 nitrogen and oxygen atoms in total. The minimum atomic E-state index is 0.220. The summed E-state index contributed by atoms with van der Waals surface area (Å²) in [6.07, 6.45) is 5.79. The van der Waals surface area contributed by atoms with Crippen LogP contribution in [0, 0.1) is 5.92 Å². The number of rotatable bonds is 5. The second-order valence-electron chi connectivity index (χ2n) is 6.93. The Labute approximate surface area is 133 Å². The molecule has 2 aromatic rings. The highest BCUT2D eigenvalue weighted by Crippen LogP contribution is 2.31. The van der Waals surface area contributed by atoms with Crippen LogP contribution >= 0.6 is 11.8 Å². The fraction of sp³-hybridized carbons (Fsp3) is 0.500. The van der Waals surface area contributed by atoms with Gasteiger partial charge in [0.2, 0.25) is 0 Å². The van der Waals surface area contributed by atoms with E-state index in [1.807, 2.05) is 30.5 Å². The molecule has 1 aromatic heterocycles. The lowest BCUT2D eigenvalue weighted by atomic mass is 9.87. The molecule has 0 fully saturated rings. The van der Waals surface area contributed by atoms with E-state index in [0.29, 0.717) is 11.2 Å². The number of nitrogens with zero attached hydrogens (tertiary/aromatic N) is 2. The van der Waals surface area contributed by atoms with Gasteiger partial charge in [-0.3, -0.25) is 0 Å². The van der Waals surface area contributed by atoms with E-state index in [1.54, 1.807) is 0 Å². The second-order valence-corrected chi connectivity index (χ2v) is 8.25. The first kappa shape index (κ1) is 16.2. The topological polar surface area (TPSA) is 17.8 Å². The normalized spacial score (nSPS) is 13.6. The third-order valence-corrected chi connectivity index (χ3v) is 5.24. The van der Waals surface area contributed by atoms with Gasteiger partial charge in [0, 0.05) is 29.1 Å². The summed E-state index contributed by atoms with van der Waals surface area (Å²) in [4.78, 5) is 5.48. The first-order valence-electron chi connectivity index (χ1n) is 7.59. The zero-order chi connectivity index (χ0) is 15.5. The molecular formula is C18H26N2S. The number of hydrogen-bond donors (Lipinski definition) is 0. The largest absolute Gasteiger partial charge is 0.336 e. The lowest BCUT2D eigenvalue weighted by Gasteiger charge is -2.22. The molecule has 0 aliphatic carbocycles. The molecule has 21 heavy (non-hydrogen) atoms. The predicted octanol–water partition coefficient (Wildman–Crippen LogP) is 5.00. The molecular weight excluding hydrogens is 276 g/mol. The zero-order valence-corrected chi connectivity index (χ0v) is 14.5. The van der Waals surface area contributed by atoms with E-state index in [4.69, 9.17) is 0 Å². The maximum absolute atomic E-state index is 4.13. The van der Waals surface area contributed by atoms with Crippen LogP contribution in [0.1, 0.15) is 40.2 Å². The van der Waals surface area contributed by atoms with Crippen LogP contribution in [-0.2, 0) is 12.0 Å². The van der Waals surface area contributed by atoms with Crippen molar-refractivity contribution in [2.45, 2.75) is 56.7 Å².